The van der Waals surface area contributed by atoms with E-state index in [2.05, 4.69) is 10.3 Å². The molecule has 0 saturated heterocycles. The standard InChI is InChI=1S/C16H17FN2O2/c1-2-15-19-14(9-21-15)16(20)18-11-7-10(8-11)12-5-3-4-6-13(12)17/h3-6,9-11H,2,7-8H2,1H3,(H,18,20). The first-order valence-electron chi connectivity index (χ1n) is 7.17. The van der Waals surface area contributed by atoms with Crippen LogP contribution in [-0.2, 0) is 6.42 Å². The summed E-state index contributed by atoms with van der Waals surface area (Å²) in [4.78, 5) is 16.1. The first-order chi connectivity index (χ1) is 10.2. The average molecular weight is 288 g/mol. The summed E-state index contributed by atoms with van der Waals surface area (Å²) in [6.45, 7) is 1.92. The lowest BCUT2D eigenvalue weighted by Gasteiger charge is -2.36. The maximum absolute atomic E-state index is 13.6. The van der Waals surface area contributed by atoms with Gasteiger partial charge >= 0.3 is 0 Å². The highest BCUT2D eigenvalue weighted by Crippen LogP contribution is 2.38. The summed E-state index contributed by atoms with van der Waals surface area (Å²) in [7, 11) is 0. The number of hydrogen-bond acceptors (Lipinski definition) is 3. The predicted molar refractivity (Wildman–Crippen MR) is 75.5 cm³/mol. The number of carbonyl (C=O) groups is 1. The Kier molecular flexibility index (Phi) is 3.73. The van der Waals surface area contributed by atoms with Gasteiger partial charge in [-0.05, 0) is 30.4 Å². The lowest BCUT2D eigenvalue weighted by Crippen LogP contribution is -2.43. The molecule has 1 aromatic carbocycles. The van der Waals surface area contributed by atoms with Crippen LogP contribution in [0.3, 0.4) is 0 Å². The molecule has 4 nitrogen and oxygen atoms in total. The summed E-state index contributed by atoms with van der Waals surface area (Å²) in [5.74, 6) is 0.338. The van der Waals surface area contributed by atoms with Crippen molar-refractivity contribution in [3.63, 3.8) is 0 Å². The minimum Gasteiger partial charge on any atom is -0.448 e. The largest absolute Gasteiger partial charge is 0.448 e. The van der Waals surface area contributed by atoms with Crippen molar-refractivity contribution in [3.05, 3.63) is 53.5 Å². The van der Waals surface area contributed by atoms with E-state index in [1.54, 1.807) is 6.07 Å². The number of amides is 1. The van der Waals surface area contributed by atoms with Crippen molar-refractivity contribution in [2.75, 3.05) is 0 Å². The highest BCUT2D eigenvalue weighted by Gasteiger charge is 2.33. The Balaban J connectivity index is 1.55. The average Bonchev–Trinajstić information content (AvgIpc) is 2.92. The summed E-state index contributed by atoms with van der Waals surface area (Å²) in [5, 5.41) is 2.91. The van der Waals surface area contributed by atoms with E-state index in [9.17, 15) is 9.18 Å². The molecular weight excluding hydrogens is 271 g/mol. The van der Waals surface area contributed by atoms with E-state index in [-0.39, 0.29) is 23.7 Å². The molecular formula is C16H17FN2O2. The molecule has 1 fully saturated rings. The molecule has 1 heterocycles. The molecule has 21 heavy (non-hydrogen) atoms. The molecule has 0 aliphatic heterocycles. The van der Waals surface area contributed by atoms with Gasteiger partial charge in [-0.2, -0.15) is 0 Å². The van der Waals surface area contributed by atoms with E-state index in [1.165, 1.54) is 12.3 Å². The number of hydrogen-bond donors (Lipinski definition) is 1. The lowest BCUT2D eigenvalue weighted by molar-refractivity contribution is 0.0903. The van der Waals surface area contributed by atoms with Gasteiger partial charge in [0.1, 0.15) is 12.1 Å². The molecule has 2 aromatic rings. The number of halogens is 1. The molecule has 1 aliphatic rings. The molecule has 1 saturated carbocycles. The van der Waals surface area contributed by atoms with E-state index >= 15 is 0 Å². The molecule has 1 aliphatic carbocycles. The molecule has 3 rings (SSSR count). The topological polar surface area (TPSA) is 55.1 Å². The molecule has 110 valence electrons. The number of aryl methyl sites for hydroxylation is 1. The van der Waals surface area contributed by atoms with E-state index < -0.39 is 0 Å². The molecule has 5 heteroatoms. The summed E-state index contributed by atoms with van der Waals surface area (Å²) in [5.41, 5.74) is 1.04. The zero-order valence-electron chi connectivity index (χ0n) is 11.8. The summed E-state index contributed by atoms with van der Waals surface area (Å²) in [6.07, 6.45) is 3.55. The molecule has 1 aromatic heterocycles. The first-order valence-corrected chi connectivity index (χ1v) is 7.17. The fraction of sp³-hybridized carbons (Fsp3) is 0.375. The van der Waals surface area contributed by atoms with Gasteiger partial charge in [-0.3, -0.25) is 4.79 Å². The smallest absolute Gasteiger partial charge is 0.273 e. The van der Waals surface area contributed by atoms with Crippen LogP contribution in [0, 0.1) is 5.82 Å². The number of nitrogens with one attached hydrogen (secondary N) is 1. The number of benzene rings is 1. The van der Waals surface area contributed by atoms with E-state index in [0.29, 0.717) is 18.0 Å². The van der Waals surface area contributed by atoms with Gasteiger partial charge < -0.3 is 9.73 Å². The SMILES string of the molecule is CCc1nc(C(=O)NC2CC(c3ccccc3F)C2)co1. The first kappa shape index (κ1) is 13.8. The Bertz CT molecular complexity index is 647. The Morgan fingerprint density at radius 3 is 2.86 bits per heavy atom. The predicted octanol–water partition coefficient (Wildman–Crippen LogP) is 3.05. The quantitative estimate of drug-likeness (QED) is 0.940. The van der Waals surface area contributed by atoms with Crippen molar-refractivity contribution in [1.29, 1.82) is 0 Å². The number of rotatable bonds is 4. The zero-order chi connectivity index (χ0) is 14.8. The summed E-state index contributed by atoms with van der Waals surface area (Å²) >= 11 is 0. The fourth-order valence-electron chi connectivity index (χ4n) is 2.63. The van der Waals surface area contributed by atoms with Crippen LogP contribution in [0.25, 0.3) is 0 Å². The van der Waals surface area contributed by atoms with Crippen LogP contribution in [0.1, 0.15) is 47.6 Å². The second-order valence-electron chi connectivity index (χ2n) is 5.34. The molecule has 1 amide bonds. The van der Waals surface area contributed by atoms with Crippen LogP contribution in [0.2, 0.25) is 0 Å². The third-order valence-corrected chi connectivity index (χ3v) is 3.91. The fourth-order valence-corrected chi connectivity index (χ4v) is 2.63. The van der Waals surface area contributed by atoms with Gasteiger partial charge in [-0.1, -0.05) is 25.1 Å². The Hall–Kier alpha value is -2.17. The van der Waals surface area contributed by atoms with Crippen molar-refractivity contribution in [1.82, 2.24) is 10.3 Å². The molecule has 0 atom stereocenters. The lowest BCUT2D eigenvalue weighted by atomic mass is 9.75. The van der Waals surface area contributed by atoms with Gasteiger partial charge in [0.05, 0.1) is 0 Å². The van der Waals surface area contributed by atoms with E-state index in [1.807, 2.05) is 19.1 Å². The Morgan fingerprint density at radius 2 is 2.19 bits per heavy atom. The Labute approximate surface area is 122 Å². The van der Waals surface area contributed by atoms with Crippen LogP contribution >= 0.6 is 0 Å². The van der Waals surface area contributed by atoms with E-state index in [0.717, 1.165) is 18.4 Å². The van der Waals surface area contributed by atoms with Crippen LogP contribution in [0.4, 0.5) is 4.39 Å². The van der Waals surface area contributed by atoms with Crippen LogP contribution in [-0.4, -0.2) is 16.9 Å². The number of oxazole rings is 1. The third kappa shape index (κ3) is 2.82. The van der Waals surface area contributed by atoms with Crippen molar-refractivity contribution in [2.45, 2.75) is 38.1 Å². The third-order valence-electron chi connectivity index (χ3n) is 3.91. The van der Waals surface area contributed by atoms with Crippen molar-refractivity contribution in [2.24, 2.45) is 0 Å². The number of carbonyl (C=O) groups excluding carboxylic acids is 1. The van der Waals surface area contributed by atoms with Crippen LogP contribution in [0.15, 0.2) is 34.9 Å². The molecule has 1 N–H and O–H groups in total. The van der Waals surface area contributed by atoms with Gasteiger partial charge in [0.2, 0.25) is 0 Å². The number of nitrogens with zero attached hydrogens (tertiary/aromatic N) is 1. The van der Waals surface area contributed by atoms with Gasteiger partial charge in [0.15, 0.2) is 11.6 Å². The molecule has 0 unspecified atom stereocenters. The van der Waals surface area contributed by atoms with Crippen LogP contribution in [0.5, 0.6) is 0 Å². The number of aromatic nitrogens is 1. The van der Waals surface area contributed by atoms with Gasteiger partial charge in [-0.15, -0.1) is 0 Å². The maximum atomic E-state index is 13.6. The van der Waals surface area contributed by atoms with E-state index in [4.69, 9.17) is 4.42 Å². The van der Waals surface area contributed by atoms with Crippen LogP contribution < -0.4 is 5.32 Å². The molecule has 0 spiro atoms. The Morgan fingerprint density at radius 1 is 1.43 bits per heavy atom. The molecule has 0 bridgehead atoms. The zero-order valence-corrected chi connectivity index (χ0v) is 11.8. The minimum absolute atomic E-state index is 0.0730. The van der Waals surface area contributed by atoms with Crippen molar-refractivity contribution < 1.29 is 13.6 Å². The summed E-state index contributed by atoms with van der Waals surface area (Å²) in [6, 6.07) is 6.88. The van der Waals surface area contributed by atoms with Gasteiger partial charge in [0, 0.05) is 12.5 Å². The highest BCUT2D eigenvalue weighted by atomic mass is 19.1. The minimum atomic E-state index is -0.226. The van der Waals surface area contributed by atoms with Crippen molar-refractivity contribution >= 4 is 5.91 Å². The highest BCUT2D eigenvalue weighted by molar-refractivity contribution is 5.92. The monoisotopic (exact) mass is 288 g/mol. The van der Waals surface area contributed by atoms with Crippen molar-refractivity contribution in [3.8, 4) is 0 Å². The van der Waals surface area contributed by atoms with Gasteiger partial charge in [-0.25, -0.2) is 9.37 Å². The maximum Gasteiger partial charge on any atom is 0.273 e. The van der Waals surface area contributed by atoms with Gasteiger partial charge in [0.25, 0.3) is 5.91 Å². The second kappa shape index (κ2) is 5.68. The normalized spacial score (nSPS) is 20.9. The summed E-state index contributed by atoms with van der Waals surface area (Å²) < 4.78 is 18.8. The molecule has 0 radical (unpaired) electrons. The second-order valence-corrected chi connectivity index (χ2v) is 5.34.